The Labute approximate surface area is 57.7 Å². The number of nitrogens with one attached hydrogen (secondary N) is 2. The second kappa shape index (κ2) is 1.89. The Kier molecular flexibility index (Phi) is 0.447. The van der Waals surface area contributed by atoms with Gasteiger partial charge in [0.15, 0.2) is 2.82 Å². The second-order valence-electron chi connectivity index (χ2n) is 1.37. The maximum atomic E-state index is 11.1. The van der Waals surface area contributed by atoms with Crippen LogP contribution in [0.25, 0.3) is 0 Å². The highest BCUT2D eigenvalue weighted by Gasteiger charge is 1.88. The summed E-state index contributed by atoms with van der Waals surface area (Å²) >= 11 is 0. The van der Waals surface area contributed by atoms with E-state index in [1.54, 1.807) is 0 Å². The molecule has 2 N–H and O–H groups in total. The molecule has 0 unspecified atom stereocenters. The lowest BCUT2D eigenvalue weighted by Gasteiger charge is -1.84. The lowest BCUT2D eigenvalue weighted by atomic mass is 10.4. The fourth-order valence-electron chi connectivity index (χ4n) is 0.351. The summed E-state index contributed by atoms with van der Waals surface area (Å²) in [4.78, 5) is 21.9. The lowest BCUT2D eigenvalue weighted by molar-refractivity contribution is 1.01. The van der Waals surface area contributed by atoms with Crippen molar-refractivity contribution in [2.75, 3.05) is 0 Å². The predicted molar refractivity (Wildman–Crippen MR) is 32.4 cm³/mol. The van der Waals surface area contributed by atoms with Gasteiger partial charge >= 0.3 is 5.69 Å². The summed E-state index contributed by atoms with van der Waals surface area (Å²) in [5.74, 6) is 0. The number of H-pyrrole nitrogens is 2. The van der Waals surface area contributed by atoms with Gasteiger partial charge in [-0.25, -0.2) is 4.79 Å². The Morgan fingerprint density at radius 1 is 1.78 bits per heavy atom. The van der Waals surface area contributed by atoms with Gasteiger partial charge in [0, 0.05) is 15.9 Å². The quantitative estimate of drug-likeness (QED) is 0.492. The molecule has 0 spiro atoms. The molecular weight excluding hydrogens is 120 g/mol. The molecule has 0 aliphatic heterocycles. The van der Waals surface area contributed by atoms with Gasteiger partial charge in [-0.05, 0) is 6.85 Å². The van der Waals surface area contributed by atoms with Gasteiger partial charge in [0.2, 0.25) is 0 Å². The van der Waals surface area contributed by atoms with Crippen molar-refractivity contribution in [3.05, 3.63) is 32.6 Å². The SMILES string of the molecule is [2H]n1cc(C([2H])([2H])[2H])c(=O)n([2H])c1=O. The molecular formula is C5H6N2O2. The number of hydrogen-bond acceptors (Lipinski definition) is 2. The van der Waals surface area contributed by atoms with Gasteiger partial charge in [0.25, 0.3) is 5.56 Å². The van der Waals surface area contributed by atoms with E-state index in [1.165, 1.54) is 0 Å². The average molecular weight is 131 g/mol. The maximum Gasteiger partial charge on any atom is 0.325 e. The van der Waals surface area contributed by atoms with E-state index >= 15 is 0 Å². The van der Waals surface area contributed by atoms with Crippen molar-refractivity contribution in [1.29, 1.82) is 0 Å². The van der Waals surface area contributed by atoms with Crippen molar-refractivity contribution in [3.8, 4) is 0 Å². The molecule has 1 rings (SSSR count). The van der Waals surface area contributed by atoms with Crippen LogP contribution in [-0.4, -0.2) is 9.95 Å². The highest BCUT2D eigenvalue weighted by Crippen LogP contribution is 1.73. The van der Waals surface area contributed by atoms with Crippen molar-refractivity contribution >= 4 is 0 Å². The molecule has 0 bridgehead atoms. The Morgan fingerprint density at radius 3 is 3.22 bits per heavy atom. The molecule has 9 heavy (non-hydrogen) atoms. The first kappa shape index (κ1) is 2.13. The van der Waals surface area contributed by atoms with Crippen LogP contribution in [-0.2, 0) is 0 Å². The molecule has 0 atom stereocenters. The fraction of sp³-hybridized carbons (Fsp3) is 0.200. The predicted octanol–water partition coefficient (Wildman–Crippen LogP) is -0.628. The topological polar surface area (TPSA) is 65.7 Å². The lowest BCUT2D eigenvalue weighted by Crippen LogP contribution is -2.22. The van der Waals surface area contributed by atoms with Gasteiger partial charge in [-0.1, -0.05) is 0 Å². The molecule has 0 aromatic carbocycles. The van der Waals surface area contributed by atoms with Crippen molar-refractivity contribution in [1.82, 2.24) is 9.95 Å². The molecule has 1 aromatic heterocycles. The molecule has 1 aromatic rings. The molecule has 0 aliphatic carbocycles. The zero-order chi connectivity index (χ0) is 11.1. The summed E-state index contributed by atoms with van der Waals surface area (Å²) in [7, 11) is 0. The molecule has 0 amide bonds. The number of aromatic nitrogens is 2. The molecule has 0 radical (unpaired) electrons. The van der Waals surface area contributed by atoms with E-state index in [4.69, 9.17) is 6.94 Å². The van der Waals surface area contributed by atoms with Gasteiger partial charge in [0.05, 0.1) is 0 Å². The largest absolute Gasteiger partial charge is 0.325 e. The molecule has 1 heterocycles. The summed E-state index contributed by atoms with van der Waals surface area (Å²) in [5.41, 5.74) is -3.15. The zero-order valence-corrected chi connectivity index (χ0v) is 4.29. The monoisotopic (exact) mass is 131 g/mol. The van der Waals surface area contributed by atoms with Crippen molar-refractivity contribution in [2.24, 2.45) is 0 Å². The van der Waals surface area contributed by atoms with E-state index in [2.05, 4.69) is 0 Å². The van der Waals surface area contributed by atoms with Crippen LogP contribution < -0.4 is 11.2 Å². The van der Waals surface area contributed by atoms with E-state index in [0.717, 1.165) is 0 Å². The number of hydrogen-bond donors (Lipinski definition) is 2. The highest BCUT2D eigenvalue weighted by molar-refractivity contribution is 4.98. The van der Waals surface area contributed by atoms with Crippen LogP contribution in [0.15, 0.2) is 15.8 Å². The minimum absolute atomic E-state index is 0.135. The Bertz CT molecular complexity index is 470. The summed E-state index contributed by atoms with van der Waals surface area (Å²) in [6, 6.07) is 0. The zero-order valence-electron chi connectivity index (χ0n) is 9.29. The van der Waals surface area contributed by atoms with E-state index in [0.29, 0.717) is 6.20 Å². The van der Waals surface area contributed by atoms with E-state index in [1.807, 2.05) is 0 Å². The first-order valence-electron chi connectivity index (χ1n) is 4.52. The van der Waals surface area contributed by atoms with E-state index < -0.39 is 23.7 Å². The smallest absolute Gasteiger partial charge is 0.314 e. The molecule has 0 fully saturated rings. The third-order valence-electron chi connectivity index (χ3n) is 0.732. The summed E-state index contributed by atoms with van der Waals surface area (Å²) < 4.78 is 34.6. The molecule has 0 aliphatic rings. The third kappa shape index (κ3) is 1.07. The fourth-order valence-corrected chi connectivity index (χ4v) is 0.351. The summed E-state index contributed by atoms with van der Waals surface area (Å²) in [6.07, 6.45) is 0.600. The maximum absolute atomic E-state index is 11.1. The van der Waals surface area contributed by atoms with Gasteiger partial charge < -0.3 is 4.98 Å². The van der Waals surface area contributed by atoms with Crippen LogP contribution in [0.5, 0.6) is 0 Å². The van der Waals surface area contributed by atoms with Gasteiger partial charge in [-0.3, -0.25) is 9.77 Å². The number of rotatable bonds is 0. The van der Waals surface area contributed by atoms with Crippen LogP contribution in [0.2, 0.25) is 2.82 Å². The van der Waals surface area contributed by atoms with Crippen LogP contribution in [0.1, 0.15) is 9.68 Å². The Morgan fingerprint density at radius 2 is 2.56 bits per heavy atom. The van der Waals surface area contributed by atoms with Gasteiger partial charge in [0.1, 0.15) is 0 Å². The highest BCUT2D eigenvalue weighted by atomic mass is 16.2. The van der Waals surface area contributed by atoms with Crippen molar-refractivity contribution in [2.45, 2.75) is 6.85 Å². The molecule has 48 valence electrons. The molecule has 4 nitrogen and oxygen atoms in total. The van der Waals surface area contributed by atoms with Crippen LogP contribution >= 0.6 is 0 Å². The second-order valence-corrected chi connectivity index (χ2v) is 1.37. The minimum atomic E-state index is -2.73. The van der Waals surface area contributed by atoms with Gasteiger partial charge in [-0.2, -0.15) is 0 Å². The number of aromatic amines is 2. The van der Waals surface area contributed by atoms with Crippen LogP contribution in [0.4, 0.5) is 0 Å². The Hall–Kier alpha value is -1.32. The minimum Gasteiger partial charge on any atom is -0.314 e. The molecule has 0 saturated heterocycles. The average Bonchev–Trinajstić information content (AvgIpc) is 2.06. The van der Waals surface area contributed by atoms with E-state index in [-0.39, 0.29) is 9.95 Å². The third-order valence-corrected chi connectivity index (χ3v) is 0.732. The van der Waals surface area contributed by atoms with Crippen molar-refractivity contribution in [3.63, 3.8) is 0 Å². The first-order valence-corrected chi connectivity index (χ1v) is 2.13. The van der Waals surface area contributed by atoms with Gasteiger partial charge in [-0.15, -0.1) is 0 Å². The van der Waals surface area contributed by atoms with Crippen LogP contribution in [0, 0.1) is 6.85 Å². The number of aryl methyl sites for hydroxylation is 1. The van der Waals surface area contributed by atoms with Crippen molar-refractivity contribution < 1.29 is 6.94 Å². The van der Waals surface area contributed by atoms with Crippen LogP contribution in [0.3, 0.4) is 0 Å². The normalized spacial score (nSPS) is 18.9. The van der Waals surface area contributed by atoms with E-state index in [9.17, 15) is 9.59 Å². The molecule has 4 heteroatoms. The summed E-state index contributed by atoms with van der Waals surface area (Å²) in [5, 5.41) is 0. The standard InChI is InChI=1S/C5H6N2O2/c1-3-2-6-5(9)7-4(3)8/h2H,1H3,(H2,6,7,8,9)/i1D3/hD2. The summed E-state index contributed by atoms with van der Waals surface area (Å²) in [6.45, 7) is -2.73. The first-order chi connectivity index (χ1) is 6.25. The molecule has 0 saturated carbocycles. The Balaban J connectivity index is 3.67.